The molecule has 44 heavy (non-hydrogen) atoms. The highest BCUT2D eigenvalue weighted by Crippen LogP contribution is 2.61. The number of halogens is 1. The lowest BCUT2D eigenvalue weighted by Gasteiger charge is -2.53. The predicted molar refractivity (Wildman–Crippen MR) is 171 cm³/mol. The number of carbonyl (C=O) groups is 1. The number of tetrazole rings is 1. The Morgan fingerprint density at radius 3 is 2.11 bits per heavy atom. The molecule has 7 rings (SSSR count). The van der Waals surface area contributed by atoms with Crippen molar-refractivity contribution in [3.63, 3.8) is 0 Å². The smallest absolute Gasteiger partial charge is 0.286 e. The molecule has 2 aliphatic rings. The van der Waals surface area contributed by atoms with E-state index in [1.807, 2.05) is 82.4 Å². The fourth-order valence-electron chi connectivity index (χ4n) is 6.84. The van der Waals surface area contributed by atoms with Crippen LogP contribution in [0.25, 0.3) is 0 Å². The van der Waals surface area contributed by atoms with Gasteiger partial charge in [-0.05, 0) is 67.1 Å². The molecule has 7 nitrogen and oxygen atoms in total. The molecule has 3 heterocycles. The highest BCUT2D eigenvalue weighted by molar-refractivity contribution is 8.01. The van der Waals surface area contributed by atoms with Crippen LogP contribution in [0.4, 0.5) is 15.8 Å². The largest absolute Gasteiger partial charge is 0.307 e. The molecule has 2 saturated heterocycles. The number of thioether (sulfide) groups is 1. The molecular formula is C35H34FN6OS+. The first kappa shape index (κ1) is 28.4. The molecule has 0 bridgehead atoms. The lowest BCUT2D eigenvalue weighted by molar-refractivity contribution is -0.154. The van der Waals surface area contributed by atoms with Gasteiger partial charge < -0.3 is 4.90 Å². The first-order valence-corrected chi connectivity index (χ1v) is 15.7. The van der Waals surface area contributed by atoms with Crippen molar-refractivity contribution in [3.8, 4) is 0 Å². The average molecular weight is 606 g/mol. The topological polar surface area (TPSA) is 63.9 Å². The number of β-lactam (4-membered cyclic amide) rings is 1. The van der Waals surface area contributed by atoms with E-state index in [2.05, 4.69) is 60.6 Å². The van der Waals surface area contributed by atoms with Gasteiger partial charge in [0.2, 0.25) is 6.04 Å². The molecule has 2 unspecified atom stereocenters. The molecule has 0 saturated carbocycles. The lowest BCUT2D eigenvalue weighted by atomic mass is 9.91. The summed E-state index contributed by atoms with van der Waals surface area (Å²) >= 11 is 1.77. The predicted octanol–water partition coefficient (Wildman–Crippen LogP) is 6.81. The van der Waals surface area contributed by atoms with Crippen LogP contribution >= 0.6 is 11.8 Å². The molecular weight excluding hydrogens is 571 g/mol. The van der Waals surface area contributed by atoms with Crippen LogP contribution < -0.4 is 4.48 Å². The van der Waals surface area contributed by atoms with Crippen LogP contribution in [0, 0.1) is 12.7 Å². The second-order valence-electron chi connectivity index (χ2n) is 12.2. The zero-order valence-corrected chi connectivity index (χ0v) is 25.7. The van der Waals surface area contributed by atoms with E-state index in [-0.39, 0.29) is 38.9 Å². The minimum atomic E-state index is -0.491. The maximum atomic E-state index is 15.4. The van der Waals surface area contributed by atoms with Crippen molar-refractivity contribution in [2.75, 3.05) is 0 Å². The second kappa shape index (κ2) is 11.0. The molecule has 0 aliphatic carbocycles. The first-order chi connectivity index (χ1) is 21.3. The molecule has 1 aromatic heterocycles. The number of para-hydroxylation sites is 2. The van der Waals surface area contributed by atoms with E-state index in [0.29, 0.717) is 17.9 Å². The van der Waals surface area contributed by atoms with Gasteiger partial charge in [0, 0.05) is 10.3 Å². The van der Waals surface area contributed by atoms with Gasteiger partial charge in [0.25, 0.3) is 5.91 Å². The van der Waals surface area contributed by atoms with Crippen LogP contribution in [-0.4, -0.2) is 47.2 Å². The third kappa shape index (κ3) is 4.62. The minimum absolute atomic E-state index is 0.00649. The summed E-state index contributed by atoms with van der Waals surface area (Å²) in [7, 11) is 0. The van der Waals surface area contributed by atoms with Crippen LogP contribution in [0.2, 0.25) is 0 Å². The number of carbonyl (C=O) groups excluding carboxylic acids is 1. The maximum Gasteiger partial charge on any atom is 0.286 e. The van der Waals surface area contributed by atoms with Crippen LogP contribution in [0.15, 0.2) is 109 Å². The first-order valence-electron chi connectivity index (χ1n) is 14.8. The molecule has 4 aromatic carbocycles. The summed E-state index contributed by atoms with van der Waals surface area (Å²) in [6, 6.07) is 34.5. The van der Waals surface area contributed by atoms with E-state index in [1.165, 1.54) is 11.6 Å². The molecule has 1 amide bonds. The number of rotatable bonds is 8. The Hall–Kier alpha value is -4.34. The van der Waals surface area contributed by atoms with Gasteiger partial charge in [-0.3, -0.25) is 4.79 Å². The highest BCUT2D eigenvalue weighted by Gasteiger charge is 2.70. The van der Waals surface area contributed by atoms with Gasteiger partial charge in [-0.15, -0.1) is 16.9 Å². The van der Waals surface area contributed by atoms with Gasteiger partial charge in [-0.25, -0.2) is 13.6 Å². The monoisotopic (exact) mass is 605 g/mol. The SMILES string of the molecule is Cc1ccc(Cn2nnnc2C2N3C(=O)C([N+](Cc4ccccc4F)(c4ccccc4)c4ccccc4)[C@@H]3SC2(C)C)cc1. The summed E-state index contributed by atoms with van der Waals surface area (Å²) in [6.07, 6.45) is 0. The second-order valence-corrected chi connectivity index (χ2v) is 13.9. The van der Waals surface area contributed by atoms with E-state index in [4.69, 9.17) is 0 Å². The van der Waals surface area contributed by atoms with Crippen molar-refractivity contribution < 1.29 is 9.18 Å². The molecule has 3 atom stereocenters. The zero-order chi connectivity index (χ0) is 30.5. The van der Waals surface area contributed by atoms with Crippen molar-refractivity contribution in [1.29, 1.82) is 0 Å². The number of aryl methyl sites for hydroxylation is 1. The Kier molecular flexibility index (Phi) is 7.10. The van der Waals surface area contributed by atoms with Crippen LogP contribution in [0.3, 0.4) is 0 Å². The minimum Gasteiger partial charge on any atom is -0.307 e. The summed E-state index contributed by atoms with van der Waals surface area (Å²) in [5.41, 5.74) is 4.71. The van der Waals surface area contributed by atoms with Gasteiger partial charge in [-0.1, -0.05) is 84.4 Å². The number of amides is 1. The zero-order valence-electron chi connectivity index (χ0n) is 24.9. The Morgan fingerprint density at radius 2 is 1.48 bits per heavy atom. The number of hydrogen-bond acceptors (Lipinski definition) is 5. The summed E-state index contributed by atoms with van der Waals surface area (Å²) < 4.78 is 17.0. The highest BCUT2D eigenvalue weighted by atomic mass is 32.2. The third-order valence-electron chi connectivity index (χ3n) is 8.96. The quantitative estimate of drug-likeness (QED) is 0.144. The summed E-state index contributed by atoms with van der Waals surface area (Å²) in [4.78, 5) is 16.7. The van der Waals surface area contributed by atoms with Crippen molar-refractivity contribution >= 4 is 29.0 Å². The third-order valence-corrected chi connectivity index (χ3v) is 10.5. The molecule has 0 radical (unpaired) electrons. The van der Waals surface area contributed by atoms with Gasteiger partial charge >= 0.3 is 0 Å². The number of fused-ring (bicyclic) bond motifs is 1. The number of hydrogen-bond donors (Lipinski definition) is 0. The standard InChI is InChI=1S/C35H34FN6OS/c1-24-18-20-25(21-19-24)22-40-32(37-38-39-40)31-35(2,3)44-34-30(33(43)41(31)34)42(27-13-6-4-7-14-27,28-15-8-5-9-16-28)23-26-12-10-11-17-29(26)36/h4-21,30-31,34H,22-23H2,1-3H3/q+1/t30?,31?,34-/m0/s1. The molecule has 0 spiro atoms. The normalized spacial score (nSPS) is 20.8. The van der Waals surface area contributed by atoms with E-state index < -0.39 is 6.04 Å². The van der Waals surface area contributed by atoms with E-state index >= 15 is 4.39 Å². The molecule has 9 heteroatoms. The van der Waals surface area contributed by atoms with E-state index in [0.717, 1.165) is 16.9 Å². The van der Waals surface area contributed by atoms with Crippen LogP contribution in [-0.2, 0) is 17.9 Å². The van der Waals surface area contributed by atoms with Crippen molar-refractivity contribution in [1.82, 2.24) is 29.6 Å². The van der Waals surface area contributed by atoms with Crippen molar-refractivity contribution in [2.24, 2.45) is 0 Å². The van der Waals surface area contributed by atoms with Gasteiger partial charge in [0.15, 0.2) is 5.82 Å². The van der Waals surface area contributed by atoms with Gasteiger partial charge in [0.05, 0.1) is 6.54 Å². The Labute approximate surface area is 260 Å². The molecule has 2 aliphatic heterocycles. The number of quaternary nitrogens is 1. The summed E-state index contributed by atoms with van der Waals surface area (Å²) in [5.74, 6) is 0.397. The summed E-state index contributed by atoms with van der Waals surface area (Å²) in [5, 5.41) is 12.7. The van der Waals surface area contributed by atoms with Crippen molar-refractivity contribution in [2.45, 2.75) is 56.1 Å². The van der Waals surface area contributed by atoms with Gasteiger partial charge in [-0.2, -0.15) is 0 Å². The number of benzene rings is 4. The average Bonchev–Trinajstić information content (AvgIpc) is 3.58. The Morgan fingerprint density at radius 1 is 0.864 bits per heavy atom. The number of aromatic nitrogens is 4. The fourth-order valence-corrected chi connectivity index (χ4v) is 8.60. The lowest BCUT2D eigenvalue weighted by Crippen LogP contribution is -2.74. The molecule has 5 aromatic rings. The van der Waals surface area contributed by atoms with Crippen LogP contribution in [0.5, 0.6) is 0 Å². The van der Waals surface area contributed by atoms with E-state index in [1.54, 1.807) is 17.8 Å². The van der Waals surface area contributed by atoms with E-state index in [9.17, 15) is 4.79 Å². The molecule has 2 fully saturated rings. The van der Waals surface area contributed by atoms with Gasteiger partial charge in [0.1, 0.15) is 35.2 Å². The fraction of sp³-hybridized carbons (Fsp3) is 0.257. The van der Waals surface area contributed by atoms with Crippen molar-refractivity contribution in [3.05, 3.63) is 138 Å². The van der Waals surface area contributed by atoms with Crippen LogP contribution in [0.1, 0.15) is 42.4 Å². The summed E-state index contributed by atoms with van der Waals surface area (Å²) in [6.45, 7) is 7.18. The molecule has 0 N–H and O–H groups in total. The maximum absolute atomic E-state index is 15.4. The molecule has 222 valence electrons. The Balaban J connectivity index is 1.33. The number of nitrogens with zero attached hydrogens (tertiary/aromatic N) is 6. The Bertz CT molecular complexity index is 1750.